The van der Waals surface area contributed by atoms with Gasteiger partial charge in [0.15, 0.2) is 5.16 Å². The van der Waals surface area contributed by atoms with E-state index in [9.17, 15) is 9.59 Å². The molecule has 26 heavy (non-hydrogen) atoms. The number of aryl methyl sites for hydroxylation is 1. The molecule has 0 spiro atoms. The van der Waals surface area contributed by atoms with Crippen molar-refractivity contribution in [2.24, 2.45) is 0 Å². The molecule has 0 aliphatic heterocycles. The van der Waals surface area contributed by atoms with Gasteiger partial charge in [-0.15, -0.1) is 0 Å². The van der Waals surface area contributed by atoms with Crippen LogP contribution in [0.5, 0.6) is 0 Å². The summed E-state index contributed by atoms with van der Waals surface area (Å²) in [5, 5.41) is 5.77. The second-order valence-corrected chi connectivity index (χ2v) is 7.48. The van der Waals surface area contributed by atoms with Crippen molar-refractivity contribution in [2.75, 3.05) is 12.3 Å². The summed E-state index contributed by atoms with van der Waals surface area (Å²) < 4.78 is 0. The summed E-state index contributed by atoms with van der Waals surface area (Å²) in [7, 11) is 0. The maximum atomic E-state index is 11.9. The van der Waals surface area contributed by atoms with Crippen molar-refractivity contribution in [3.05, 3.63) is 35.4 Å². The zero-order valence-corrected chi connectivity index (χ0v) is 15.7. The zero-order valence-electron chi connectivity index (χ0n) is 14.9. The van der Waals surface area contributed by atoms with Crippen LogP contribution in [0, 0.1) is 6.92 Å². The number of carbonyl (C=O) groups is 2. The molecule has 6 nitrogen and oxygen atoms in total. The Morgan fingerprint density at radius 2 is 2.19 bits per heavy atom. The molecular weight excluding hydrogens is 348 g/mol. The largest absolute Gasteiger partial charge is 0.337 e. The van der Waals surface area contributed by atoms with Gasteiger partial charge >= 0.3 is 6.03 Å². The molecule has 1 aromatic heterocycles. The number of imide groups is 1. The Kier molecular flexibility index (Phi) is 6.33. The van der Waals surface area contributed by atoms with Crippen LogP contribution >= 0.6 is 11.8 Å². The molecule has 0 bridgehead atoms. The minimum atomic E-state index is -0.438. The van der Waals surface area contributed by atoms with Crippen molar-refractivity contribution >= 4 is 34.7 Å². The highest BCUT2D eigenvalue weighted by Crippen LogP contribution is 2.20. The van der Waals surface area contributed by atoms with Gasteiger partial charge in [-0.1, -0.05) is 29.5 Å². The predicted octanol–water partition coefficient (Wildman–Crippen LogP) is 3.68. The maximum absolute atomic E-state index is 11.9. The van der Waals surface area contributed by atoms with Gasteiger partial charge in [-0.05, 0) is 56.7 Å². The molecule has 0 radical (unpaired) electrons. The average molecular weight is 372 g/mol. The Balaban J connectivity index is 1.38. The Morgan fingerprint density at radius 1 is 1.31 bits per heavy atom. The molecule has 3 amide bonds. The first-order valence-electron chi connectivity index (χ1n) is 8.95. The van der Waals surface area contributed by atoms with Crippen LogP contribution in [0.2, 0.25) is 0 Å². The fourth-order valence-corrected chi connectivity index (χ4v) is 3.66. The molecule has 0 atom stereocenters. The molecule has 0 fully saturated rings. The summed E-state index contributed by atoms with van der Waals surface area (Å²) in [5.74, 6) is -0.196. The molecule has 1 aromatic carbocycles. The number of aromatic nitrogens is 2. The first kappa shape index (κ1) is 18.5. The SMILES string of the molecule is Cc1ccc2nc(SCC(=O)NC(=O)NCCC3=CCCCC3)[nH]c2c1. The molecule has 0 saturated heterocycles. The summed E-state index contributed by atoms with van der Waals surface area (Å²) >= 11 is 1.28. The van der Waals surface area contributed by atoms with Crippen LogP contribution in [0.25, 0.3) is 11.0 Å². The number of nitrogens with zero attached hydrogens (tertiary/aromatic N) is 1. The third-order valence-corrected chi connectivity index (χ3v) is 5.20. The fraction of sp³-hybridized carbons (Fsp3) is 0.421. The molecule has 0 unspecified atom stereocenters. The number of imidazole rings is 1. The number of H-pyrrole nitrogens is 1. The van der Waals surface area contributed by atoms with Crippen molar-refractivity contribution in [2.45, 2.75) is 44.2 Å². The number of carbonyl (C=O) groups excluding carboxylic acids is 2. The molecule has 138 valence electrons. The number of benzene rings is 1. The molecule has 2 aromatic rings. The van der Waals surface area contributed by atoms with Crippen molar-refractivity contribution in [3.8, 4) is 0 Å². The molecular formula is C19H24N4O2S. The lowest BCUT2D eigenvalue weighted by atomic mass is 9.97. The smallest absolute Gasteiger partial charge is 0.321 e. The van der Waals surface area contributed by atoms with E-state index in [0.717, 1.165) is 35.9 Å². The Morgan fingerprint density at radius 3 is 3.00 bits per heavy atom. The number of fused-ring (bicyclic) bond motifs is 1. The molecule has 1 aliphatic carbocycles. The monoisotopic (exact) mass is 372 g/mol. The normalized spacial score (nSPS) is 14.1. The van der Waals surface area contributed by atoms with E-state index >= 15 is 0 Å². The number of thioether (sulfide) groups is 1. The van der Waals surface area contributed by atoms with Crippen molar-refractivity contribution in [3.63, 3.8) is 0 Å². The summed E-state index contributed by atoms with van der Waals surface area (Å²) in [5.41, 5.74) is 4.37. The second kappa shape index (κ2) is 8.89. The van der Waals surface area contributed by atoms with E-state index in [0.29, 0.717) is 11.7 Å². The Hall–Kier alpha value is -2.28. The van der Waals surface area contributed by atoms with Crippen LogP contribution in [0.1, 0.15) is 37.7 Å². The summed E-state index contributed by atoms with van der Waals surface area (Å²) in [6.45, 7) is 2.57. The van der Waals surface area contributed by atoms with E-state index in [2.05, 4.69) is 26.7 Å². The number of hydrogen-bond acceptors (Lipinski definition) is 4. The standard InChI is InChI=1S/C19H24N4O2S/c1-13-7-8-15-16(11-13)22-19(21-15)26-12-17(24)23-18(25)20-10-9-14-5-3-2-4-6-14/h5,7-8,11H,2-4,6,9-10,12H2,1H3,(H,21,22)(H2,20,23,24,25). The number of allylic oxidation sites excluding steroid dienone is 1. The van der Waals surface area contributed by atoms with E-state index in [1.54, 1.807) is 0 Å². The molecule has 1 aliphatic rings. The van der Waals surface area contributed by atoms with Gasteiger partial charge in [-0.25, -0.2) is 9.78 Å². The van der Waals surface area contributed by atoms with Gasteiger partial charge in [0.05, 0.1) is 16.8 Å². The minimum Gasteiger partial charge on any atom is -0.337 e. The van der Waals surface area contributed by atoms with Gasteiger partial charge in [0.2, 0.25) is 5.91 Å². The van der Waals surface area contributed by atoms with E-state index in [1.165, 1.54) is 30.2 Å². The van der Waals surface area contributed by atoms with E-state index < -0.39 is 6.03 Å². The topological polar surface area (TPSA) is 86.9 Å². The number of rotatable bonds is 6. The molecule has 0 saturated carbocycles. The van der Waals surface area contributed by atoms with Crippen LogP contribution in [0.15, 0.2) is 35.0 Å². The number of urea groups is 1. The number of aromatic amines is 1. The number of nitrogens with one attached hydrogen (secondary N) is 3. The summed E-state index contributed by atoms with van der Waals surface area (Å²) in [4.78, 5) is 31.3. The van der Waals surface area contributed by atoms with Gasteiger partial charge in [-0.3, -0.25) is 10.1 Å². The Bertz CT molecular complexity index is 828. The van der Waals surface area contributed by atoms with E-state index in [-0.39, 0.29) is 11.7 Å². The first-order valence-corrected chi connectivity index (χ1v) is 9.93. The summed E-state index contributed by atoms with van der Waals surface area (Å²) in [6, 6.07) is 5.52. The number of hydrogen-bond donors (Lipinski definition) is 3. The van der Waals surface area contributed by atoms with Gasteiger partial charge in [0, 0.05) is 6.54 Å². The third-order valence-electron chi connectivity index (χ3n) is 4.33. The van der Waals surface area contributed by atoms with Crippen molar-refractivity contribution < 1.29 is 9.59 Å². The van der Waals surface area contributed by atoms with Crippen LogP contribution in [-0.2, 0) is 4.79 Å². The Labute approximate surface area is 157 Å². The van der Waals surface area contributed by atoms with Crippen LogP contribution in [-0.4, -0.2) is 34.2 Å². The molecule has 3 N–H and O–H groups in total. The predicted molar refractivity (Wildman–Crippen MR) is 104 cm³/mol. The minimum absolute atomic E-state index is 0.136. The van der Waals surface area contributed by atoms with E-state index in [1.807, 2.05) is 25.1 Å². The summed E-state index contributed by atoms with van der Waals surface area (Å²) in [6.07, 6.45) is 7.87. The van der Waals surface area contributed by atoms with Gasteiger partial charge in [0.1, 0.15) is 0 Å². The van der Waals surface area contributed by atoms with Gasteiger partial charge < -0.3 is 10.3 Å². The van der Waals surface area contributed by atoms with Crippen LogP contribution < -0.4 is 10.6 Å². The van der Waals surface area contributed by atoms with E-state index in [4.69, 9.17) is 0 Å². The molecule has 3 rings (SSSR count). The fourth-order valence-electron chi connectivity index (χ4n) is 2.98. The van der Waals surface area contributed by atoms with Gasteiger partial charge in [-0.2, -0.15) is 0 Å². The molecule has 1 heterocycles. The second-order valence-electron chi connectivity index (χ2n) is 6.51. The average Bonchev–Trinajstić information content (AvgIpc) is 3.03. The van der Waals surface area contributed by atoms with Crippen molar-refractivity contribution in [1.29, 1.82) is 0 Å². The highest BCUT2D eigenvalue weighted by atomic mass is 32.2. The lowest BCUT2D eigenvalue weighted by Crippen LogP contribution is -2.40. The van der Waals surface area contributed by atoms with Gasteiger partial charge in [0.25, 0.3) is 0 Å². The zero-order chi connectivity index (χ0) is 18.4. The molecule has 7 heteroatoms. The lowest BCUT2D eigenvalue weighted by Gasteiger charge is -2.13. The first-order chi connectivity index (χ1) is 12.6. The highest BCUT2D eigenvalue weighted by molar-refractivity contribution is 7.99. The highest BCUT2D eigenvalue weighted by Gasteiger charge is 2.11. The number of amides is 3. The van der Waals surface area contributed by atoms with Crippen LogP contribution in [0.4, 0.5) is 4.79 Å². The van der Waals surface area contributed by atoms with Crippen LogP contribution in [0.3, 0.4) is 0 Å². The lowest BCUT2D eigenvalue weighted by molar-refractivity contribution is -0.117. The maximum Gasteiger partial charge on any atom is 0.321 e. The third kappa shape index (κ3) is 5.36. The quantitative estimate of drug-likeness (QED) is 0.533. The van der Waals surface area contributed by atoms with Crippen molar-refractivity contribution in [1.82, 2.24) is 20.6 Å².